The van der Waals surface area contributed by atoms with Gasteiger partial charge in [-0.05, 0) is 79.8 Å². The van der Waals surface area contributed by atoms with E-state index in [2.05, 4.69) is 15.6 Å². The number of urea groups is 1. The lowest BCUT2D eigenvalue weighted by atomic mass is 9.87. The molecule has 0 unspecified atom stereocenters. The number of aromatic nitrogens is 2. The molecule has 0 radical (unpaired) electrons. The lowest BCUT2D eigenvalue weighted by Gasteiger charge is -2.34. The van der Waals surface area contributed by atoms with Gasteiger partial charge in [-0.3, -0.25) is 4.79 Å². The second-order valence-corrected chi connectivity index (χ2v) is 10.9. The zero-order valence-electron chi connectivity index (χ0n) is 22.5. The fourth-order valence-corrected chi connectivity index (χ4v) is 4.98. The van der Waals surface area contributed by atoms with Crippen molar-refractivity contribution in [2.75, 3.05) is 6.54 Å². The summed E-state index contributed by atoms with van der Waals surface area (Å²) in [7, 11) is 0. The molecule has 2 N–H and O–H groups in total. The Bertz CT molecular complexity index is 1590. The Kier molecular flexibility index (Phi) is 7.03. The van der Waals surface area contributed by atoms with Crippen molar-refractivity contribution in [1.29, 1.82) is 0 Å². The number of halogens is 3. The molecular formula is C30H30F3N5O2. The third-order valence-corrected chi connectivity index (χ3v) is 6.85. The number of fused-ring (bicyclic) bond motifs is 2. The Hall–Kier alpha value is -4.34. The van der Waals surface area contributed by atoms with E-state index in [1.54, 1.807) is 29.3 Å². The Morgan fingerprint density at radius 3 is 2.55 bits per heavy atom. The molecule has 0 bridgehead atoms. The molecule has 3 heterocycles. The minimum Gasteiger partial charge on any atom is -0.346 e. The zero-order chi connectivity index (χ0) is 28.7. The number of carbonyl (C=O) groups excluding carboxylic acids is 2. The fraction of sp³-hybridized carbons (Fsp3) is 0.300. The average Bonchev–Trinajstić information content (AvgIpc) is 3.32. The molecule has 208 valence electrons. The van der Waals surface area contributed by atoms with Crippen LogP contribution in [0.25, 0.3) is 16.8 Å². The topological polar surface area (TPSA) is 78.7 Å². The third-order valence-electron chi connectivity index (χ3n) is 6.85. The van der Waals surface area contributed by atoms with Crippen molar-refractivity contribution in [3.63, 3.8) is 0 Å². The number of imidazole rings is 1. The highest BCUT2D eigenvalue weighted by Gasteiger charge is 2.32. The normalized spacial score (nSPS) is 13.7. The minimum absolute atomic E-state index is 0.155. The van der Waals surface area contributed by atoms with Crippen LogP contribution < -0.4 is 10.6 Å². The smallest absolute Gasteiger partial charge is 0.346 e. The van der Waals surface area contributed by atoms with Crippen LogP contribution in [0.2, 0.25) is 0 Å². The van der Waals surface area contributed by atoms with Gasteiger partial charge >= 0.3 is 12.2 Å². The van der Waals surface area contributed by atoms with Gasteiger partial charge in [-0.15, -0.1) is 0 Å². The molecule has 0 saturated carbocycles. The summed E-state index contributed by atoms with van der Waals surface area (Å²) in [6, 6.07) is 13.9. The van der Waals surface area contributed by atoms with Crippen LogP contribution in [0.15, 0.2) is 67.0 Å². The summed E-state index contributed by atoms with van der Waals surface area (Å²) in [6.45, 7) is 6.40. The lowest BCUT2D eigenvalue weighted by Crippen LogP contribution is -2.50. The summed E-state index contributed by atoms with van der Waals surface area (Å²) in [4.78, 5) is 32.5. The quantitative estimate of drug-likeness (QED) is 0.337. The number of hydrogen-bond donors (Lipinski definition) is 2. The van der Waals surface area contributed by atoms with Gasteiger partial charge in [0.2, 0.25) is 0 Å². The van der Waals surface area contributed by atoms with Gasteiger partial charge in [0.25, 0.3) is 5.91 Å². The predicted octanol–water partition coefficient (Wildman–Crippen LogP) is 5.82. The van der Waals surface area contributed by atoms with Crippen molar-refractivity contribution in [3.05, 3.63) is 94.9 Å². The SMILES string of the molecule is CC(C)(C)NC(=O)N1CCc2c(-c3cccc(C(F)(F)F)c3)ccc(C(=O)NCc3cnc4ccccn34)c2C1. The monoisotopic (exact) mass is 549 g/mol. The highest BCUT2D eigenvalue weighted by atomic mass is 19.4. The molecule has 0 fully saturated rings. The maximum Gasteiger partial charge on any atom is 0.416 e. The maximum absolute atomic E-state index is 13.5. The molecule has 1 aliphatic heterocycles. The first kappa shape index (κ1) is 27.2. The number of benzene rings is 2. The number of carbonyl (C=O) groups is 2. The van der Waals surface area contributed by atoms with Crippen LogP contribution in [-0.4, -0.2) is 38.3 Å². The van der Waals surface area contributed by atoms with E-state index >= 15 is 0 Å². The number of pyridine rings is 1. The van der Waals surface area contributed by atoms with Gasteiger partial charge < -0.3 is 19.9 Å². The highest BCUT2D eigenvalue weighted by Crippen LogP contribution is 2.36. The molecule has 0 atom stereocenters. The predicted molar refractivity (Wildman–Crippen MR) is 146 cm³/mol. The van der Waals surface area contributed by atoms with Gasteiger partial charge in [0.1, 0.15) is 5.65 Å². The Morgan fingerprint density at radius 1 is 1.00 bits per heavy atom. The average molecular weight is 550 g/mol. The first-order valence-corrected chi connectivity index (χ1v) is 13.0. The summed E-state index contributed by atoms with van der Waals surface area (Å²) in [6.07, 6.45) is -0.524. The van der Waals surface area contributed by atoms with Gasteiger partial charge in [-0.1, -0.05) is 24.3 Å². The third kappa shape index (κ3) is 5.66. The number of hydrogen-bond acceptors (Lipinski definition) is 3. The van der Waals surface area contributed by atoms with Crippen molar-refractivity contribution in [3.8, 4) is 11.1 Å². The van der Waals surface area contributed by atoms with E-state index in [4.69, 9.17) is 0 Å². The molecule has 7 nitrogen and oxygen atoms in total. The van der Waals surface area contributed by atoms with Crippen molar-refractivity contribution < 1.29 is 22.8 Å². The molecule has 0 spiro atoms. The first-order chi connectivity index (χ1) is 18.9. The van der Waals surface area contributed by atoms with E-state index in [0.29, 0.717) is 35.2 Å². The van der Waals surface area contributed by atoms with E-state index in [9.17, 15) is 22.8 Å². The van der Waals surface area contributed by atoms with Gasteiger partial charge in [-0.2, -0.15) is 13.2 Å². The van der Waals surface area contributed by atoms with Crippen LogP contribution in [0, 0.1) is 0 Å². The summed E-state index contributed by atoms with van der Waals surface area (Å²) in [5.41, 5.74) is 3.17. The number of nitrogens with one attached hydrogen (secondary N) is 2. The molecule has 1 aliphatic rings. The molecular weight excluding hydrogens is 519 g/mol. The van der Waals surface area contributed by atoms with Gasteiger partial charge in [0, 0.05) is 30.4 Å². The Balaban J connectivity index is 1.50. The first-order valence-electron chi connectivity index (χ1n) is 13.0. The van der Waals surface area contributed by atoms with Crippen molar-refractivity contribution >= 4 is 17.6 Å². The standard InChI is InChI=1S/C30H30F3N5O2/c1-29(2,3)36-28(40)37-14-12-23-22(19-7-6-8-20(15-19)30(31,32)33)10-11-24(25(23)18-37)27(39)35-17-21-16-34-26-9-4-5-13-38(21)26/h4-11,13,15-16H,12,14,17-18H2,1-3H3,(H,35,39)(H,36,40). The second-order valence-electron chi connectivity index (χ2n) is 10.9. The van der Waals surface area contributed by atoms with Crippen LogP contribution in [0.1, 0.15) is 53.5 Å². The van der Waals surface area contributed by atoms with Crippen molar-refractivity contribution in [2.24, 2.45) is 0 Å². The van der Waals surface area contributed by atoms with Crippen LogP contribution >= 0.6 is 0 Å². The van der Waals surface area contributed by atoms with Crippen LogP contribution in [-0.2, 0) is 25.7 Å². The van der Waals surface area contributed by atoms with E-state index in [1.807, 2.05) is 49.6 Å². The largest absolute Gasteiger partial charge is 0.416 e. The van der Waals surface area contributed by atoms with Crippen molar-refractivity contribution in [2.45, 2.75) is 52.0 Å². The number of rotatable bonds is 4. The molecule has 2 aromatic heterocycles. The maximum atomic E-state index is 13.5. The summed E-state index contributed by atoms with van der Waals surface area (Å²) in [5.74, 6) is -0.337. The van der Waals surface area contributed by atoms with Gasteiger partial charge in [0.15, 0.2) is 0 Å². The van der Waals surface area contributed by atoms with Gasteiger partial charge in [-0.25, -0.2) is 9.78 Å². The highest BCUT2D eigenvalue weighted by molar-refractivity contribution is 5.97. The number of nitrogens with zero attached hydrogens (tertiary/aromatic N) is 3. The number of amides is 3. The van der Waals surface area contributed by atoms with Crippen LogP contribution in [0.5, 0.6) is 0 Å². The molecule has 10 heteroatoms. The zero-order valence-corrected chi connectivity index (χ0v) is 22.5. The fourth-order valence-electron chi connectivity index (χ4n) is 4.98. The minimum atomic E-state index is -4.48. The molecule has 0 saturated heterocycles. The Labute approximate surface area is 230 Å². The summed E-state index contributed by atoms with van der Waals surface area (Å²) < 4.78 is 42.2. The van der Waals surface area contributed by atoms with Crippen molar-refractivity contribution in [1.82, 2.24) is 24.9 Å². The van der Waals surface area contributed by atoms with Gasteiger partial charge in [0.05, 0.1) is 24.0 Å². The van der Waals surface area contributed by atoms with E-state index < -0.39 is 17.3 Å². The van der Waals surface area contributed by atoms with Crippen LogP contribution in [0.4, 0.5) is 18.0 Å². The molecule has 3 amide bonds. The summed E-state index contributed by atoms with van der Waals surface area (Å²) in [5, 5.41) is 5.90. The molecule has 40 heavy (non-hydrogen) atoms. The lowest BCUT2D eigenvalue weighted by molar-refractivity contribution is -0.137. The molecule has 4 aromatic rings. The Morgan fingerprint density at radius 2 is 1.80 bits per heavy atom. The molecule has 0 aliphatic carbocycles. The molecule has 5 rings (SSSR count). The van der Waals surface area contributed by atoms with Crippen LogP contribution in [0.3, 0.4) is 0 Å². The van der Waals surface area contributed by atoms with E-state index in [-0.39, 0.29) is 25.0 Å². The number of alkyl halides is 3. The van der Waals surface area contributed by atoms with E-state index in [0.717, 1.165) is 29.0 Å². The molecule has 2 aromatic carbocycles. The van der Waals surface area contributed by atoms with E-state index in [1.165, 1.54) is 6.07 Å². The second kappa shape index (κ2) is 10.3. The summed E-state index contributed by atoms with van der Waals surface area (Å²) >= 11 is 0.